The quantitative estimate of drug-likeness (QED) is 0.653. The fourth-order valence-corrected chi connectivity index (χ4v) is 4.31. The van der Waals surface area contributed by atoms with Crippen molar-refractivity contribution in [2.45, 2.75) is 38.5 Å². The van der Waals surface area contributed by atoms with E-state index in [2.05, 4.69) is 22.4 Å². The molecule has 0 aliphatic heterocycles. The predicted molar refractivity (Wildman–Crippen MR) is 113 cm³/mol. The van der Waals surface area contributed by atoms with Gasteiger partial charge in [0.2, 0.25) is 5.91 Å². The van der Waals surface area contributed by atoms with E-state index in [4.69, 9.17) is 4.74 Å². The lowest BCUT2D eigenvalue weighted by Crippen LogP contribution is -2.40. The highest BCUT2D eigenvalue weighted by Crippen LogP contribution is 2.41. The second-order valence-corrected chi connectivity index (χ2v) is 7.70. The Hall–Kier alpha value is -2.88. The molecule has 1 N–H and O–H groups in total. The summed E-state index contributed by atoms with van der Waals surface area (Å²) < 4.78 is 5.27. The van der Waals surface area contributed by atoms with Gasteiger partial charge in [0, 0.05) is 11.6 Å². The van der Waals surface area contributed by atoms with Crippen molar-refractivity contribution in [3.8, 4) is 5.75 Å². The number of hydrogen-bond acceptors (Lipinski definition) is 3. The first-order valence-electron chi connectivity index (χ1n) is 9.98. The van der Waals surface area contributed by atoms with Gasteiger partial charge in [0.1, 0.15) is 5.75 Å². The van der Waals surface area contributed by atoms with E-state index in [0.717, 1.165) is 54.4 Å². The highest BCUT2D eigenvalue weighted by molar-refractivity contribution is 6.02. The molecular weight excluding hydrogens is 348 g/mol. The maximum absolute atomic E-state index is 13.5. The minimum atomic E-state index is -0.371. The molecule has 0 unspecified atom stereocenters. The number of rotatable bonds is 5. The summed E-state index contributed by atoms with van der Waals surface area (Å²) in [6, 6.07) is 18.0. The Morgan fingerprint density at radius 2 is 1.79 bits per heavy atom. The van der Waals surface area contributed by atoms with Gasteiger partial charge in [-0.25, -0.2) is 0 Å². The average Bonchev–Trinajstić information content (AvgIpc) is 2.75. The van der Waals surface area contributed by atoms with Crippen molar-refractivity contribution in [1.82, 2.24) is 4.98 Å². The van der Waals surface area contributed by atoms with E-state index in [1.165, 1.54) is 12.0 Å². The van der Waals surface area contributed by atoms with Crippen molar-refractivity contribution in [1.29, 1.82) is 0 Å². The maximum atomic E-state index is 13.5. The molecule has 2 aromatic carbocycles. The lowest BCUT2D eigenvalue weighted by Gasteiger charge is -2.36. The molecule has 1 aromatic heterocycles. The third kappa shape index (κ3) is 3.72. The minimum absolute atomic E-state index is 0.112. The van der Waals surface area contributed by atoms with E-state index >= 15 is 0 Å². The number of methoxy groups -OCH3 is 1. The van der Waals surface area contributed by atoms with Crippen molar-refractivity contribution in [2.24, 2.45) is 5.41 Å². The molecule has 0 bridgehead atoms. The van der Waals surface area contributed by atoms with Gasteiger partial charge in [-0.05, 0) is 49.1 Å². The number of nitrogens with zero attached hydrogens (tertiary/aromatic N) is 1. The van der Waals surface area contributed by atoms with Crippen LogP contribution in [-0.2, 0) is 11.2 Å². The highest BCUT2D eigenvalue weighted by Gasteiger charge is 2.39. The van der Waals surface area contributed by atoms with Crippen LogP contribution >= 0.6 is 0 Å². The molecule has 1 aliphatic carbocycles. The SMILES string of the molecule is COc1ccc(CC2(C(=O)Nc3cccc4cccnc34)CCCCC2)cc1. The summed E-state index contributed by atoms with van der Waals surface area (Å²) >= 11 is 0. The number of para-hydroxylation sites is 1. The van der Waals surface area contributed by atoms with Gasteiger partial charge < -0.3 is 10.1 Å². The van der Waals surface area contributed by atoms with Crippen LogP contribution in [0.15, 0.2) is 60.8 Å². The number of hydrogen-bond donors (Lipinski definition) is 1. The van der Waals surface area contributed by atoms with Crippen molar-refractivity contribution >= 4 is 22.5 Å². The van der Waals surface area contributed by atoms with Crippen molar-refractivity contribution in [3.05, 3.63) is 66.4 Å². The van der Waals surface area contributed by atoms with Crippen molar-refractivity contribution < 1.29 is 9.53 Å². The lowest BCUT2D eigenvalue weighted by atomic mass is 9.69. The molecule has 1 saturated carbocycles. The van der Waals surface area contributed by atoms with Crippen LogP contribution < -0.4 is 10.1 Å². The number of fused-ring (bicyclic) bond motifs is 1. The van der Waals surface area contributed by atoms with E-state index in [-0.39, 0.29) is 11.3 Å². The molecule has 1 heterocycles. The number of carbonyl (C=O) groups is 1. The Balaban J connectivity index is 1.61. The molecule has 4 rings (SSSR count). The number of benzene rings is 2. The Kier molecular flexibility index (Phi) is 5.29. The van der Waals surface area contributed by atoms with Crippen LogP contribution in [0.4, 0.5) is 5.69 Å². The van der Waals surface area contributed by atoms with Crippen LogP contribution in [-0.4, -0.2) is 18.0 Å². The normalized spacial score (nSPS) is 15.9. The second-order valence-electron chi connectivity index (χ2n) is 7.70. The van der Waals surface area contributed by atoms with Gasteiger partial charge >= 0.3 is 0 Å². The summed E-state index contributed by atoms with van der Waals surface area (Å²) in [6.07, 6.45) is 7.75. The van der Waals surface area contributed by atoms with Crippen LogP contribution in [0.2, 0.25) is 0 Å². The first-order valence-corrected chi connectivity index (χ1v) is 9.98. The van der Waals surface area contributed by atoms with Gasteiger partial charge in [-0.2, -0.15) is 0 Å². The smallest absolute Gasteiger partial charge is 0.230 e. The summed E-state index contributed by atoms with van der Waals surface area (Å²) in [5, 5.41) is 4.25. The van der Waals surface area contributed by atoms with E-state index in [9.17, 15) is 4.79 Å². The average molecular weight is 374 g/mol. The van der Waals surface area contributed by atoms with Crippen LogP contribution in [0.25, 0.3) is 10.9 Å². The third-order valence-corrected chi connectivity index (χ3v) is 5.87. The second kappa shape index (κ2) is 8.01. The standard InChI is InChI=1S/C24H26N2O2/c1-28-20-12-10-18(11-13-20)17-24(14-3-2-4-15-24)23(27)26-21-9-5-7-19-8-6-16-25-22(19)21/h5-13,16H,2-4,14-15,17H2,1H3,(H,26,27). The van der Waals surface area contributed by atoms with E-state index in [1.807, 2.05) is 42.5 Å². The van der Waals surface area contributed by atoms with Gasteiger partial charge in [-0.3, -0.25) is 9.78 Å². The molecule has 1 amide bonds. The molecule has 0 spiro atoms. The van der Waals surface area contributed by atoms with E-state index < -0.39 is 0 Å². The van der Waals surface area contributed by atoms with E-state index in [0.29, 0.717) is 0 Å². The van der Waals surface area contributed by atoms with Crippen LogP contribution in [0, 0.1) is 5.41 Å². The maximum Gasteiger partial charge on any atom is 0.230 e. The molecular formula is C24H26N2O2. The first-order chi connectivity index (χ1) is 13.7. The summed E-state index contributed by atoms with van der Waals surface area (Å²) in [5.74, 6) is 0.953. The molecule has 0 saturated heterocycles. The summed E-state index contributed by atoms with van der Waals surface area (Å²) in [6.45, 7) is 0. The number of ether oxygens (including phenoxy) is 1. The number of anilines is 1. The zero-order valence-corrected chi connectivity index (χ0v) is 16.3. The van der Waals surface area contributed by atoms with Gasteiger partial charge in [-0.1, -0.05) is 49.6 Å². The monoisotopic (exact) mass is 374 g/mol. The van der Waals surface area contributed by atoms with Crippen LogP contribution in [0.1, 0.15) is 37.7 Å². The number of aromatic nitrogens is 1. The predicted octanol–water partition coefficient (Wildman–Crippen LogP) is 5.38. The summed E-state index contributed by atoms with van der Waals surface area (Å²) in [4.78, 5) is 18.0. The first kappa shape index (κ1) is 18.5. The summed E-state index contributed by atoms with van der Waals surface area (Å²) in [5.41, 5.74) is 2.44. The van der Waals surface area contributed by atoms with Gasteiger partial charge in [0.25, 0.3) is 0 Å². The zero-order chi connectivity index (χ0) is 19.4. The highest BCUT2D eigenvalue weighted by atomic mass is 16.5. The van der Waals surface area contributed by atoms with Gasteiger partial charge in [-0.15, -0.1) is 0 Å². The molecule has 1 aliphatic rings. The number of pyridine rings is 1. The third-order valence-electron chi connectivity index (χ3n) is 5.87. The number of carbonyl (C=O) groups excluding carboxylic acids is 1. The molecule has 144 valence electrons. The fraction of sp³-hybridized carbons (Fsp3) is 0.333. The molecule has 0 radical (unpaired) electrons. The topological polar surface area (TPSA) is 51.2 Å². The van der Waals surface area contributed by atoms with Crippen molar-refractivity contribution in [3.63, 3.8) is 0 Å². The fourth-order valence-electron chi connectivity index (χ4n) is 4.31. The van der Waals surface area contributed by atoms with Crippen molar-refractivity contribution in [2.75, 3.05) is 12.4 Å². The Labute approximate surface area is 165 Å². The molecule has 28 heavy (non-hydrogen) atoms. The van der Waals surface area contributed by atoms with Gasteiger partial charge in [0.05, 0.1) is 23.7 Å². The van der Waals surface area contributed by atoms with Gasteiger partial charge in [0.15, 0.2) is 0 Å². The molecule has 4 nitrogen and oxygen atoms in total. The molecule has 1 fully saturated rings. The summed E-state index contributed by atoms with van der Waals surface area (Å²) in [7, 11) is 1.67. The van der Waals surface area contributed by atoms with Crippen LogP contribution in [0.5, 0.6) is 5.75 Å². The molecule has 0 atom stereocenters. The Morgan fingerprint density at radius 3 is 2.54 bits per heavy atom. The minimum Gasteiger partial charge on any atom is -0.497 e. The van der Waals surface area contributed by atoms with Crippen LogP contribution in [0.3, 0.4) is 0 Å². The Morgan fingerprint density at radius 1 is 1.04 bits per heavy atom. The molecule has 4 heteroatoms. The largest absolute Gasteiger partial charge is 0.497 e. The number of nitrogens with one attached hydrogen (secondary N) is 1. The molecule has 3 aromatic rings. The Bertz CT molecular complexity index is 955. The number of amides is 1. The lowest BCUT2D eigenvalue weighted by molar-refractivity contribution is -0.127. The van der Waals surface area contributed by atoms with E-state index in [1.54, 1.807) is 13.3 Å². The zero-order valence-electron chi connectivity index (χ0n) is 16.3.